The zero-order valence-electron chi connectivity index (χ0n) is 19.5. The summed E-state index contributed by atoms with van der Waals surface area (Å²) >= 11 is 9.67. The summed E-state index contributed by atoms with van der Waals surface area (Å²) in [6.07, 6.45) is 1.44. The first kappa shape index (κ1) is 26.8. The van der Waals surface area contributed by atoms with Gasteiger partial charge in [-0.25, -0.2) is 4.79 Å². The van der Waals surface area contributed by atoms with Gasteiger partial charge in [-0.1, -0.05) is 45.7 Å². The van der Waals surface area contributed by atoms with Gasteiger partial charge in [-0.3, -0.25) is 4.79 Å². The fourth-order valence-corrected chi connectivity index (χ4v) is 3.74. The minimum absolute atomic E-state index is 0.128. The normalized spacial score (nSPS) is 10.8. The van der Waals surface area contributed by atoms with Gasteiger partial charge >= 0.3 is 5.97 Å². The Hall–Kier alpha value is -3.80. The molecule has 0 saturated heterocycles. The largest absolute Gasteiger partial charge is 0.493 e. The Morgan fingerprint density at radius 3 is 2.47 bits per heavy atom. The standard InChI is InChI=1S/C27H22BrClN2O5/c1-3-35-27(33)17-8-10-21(11-9-17)31-26(32)20(15-30)12-19-13-24(34-2)25(14-22(19)28)36-16-18-6-4-5-7-23(18)29/h4-14H,3,16H2,1-2H3,(H,31,32)/b20-12+. The molecule has 0 aliphatic rings. The third-order valence-electron chi connectivity index (χ3n) is 4.94. The molecule has 7 nitrogen and oxygen atoms in total. The summed E-state index contributed by atoms with van der Waals surface area (Å²) in [4.78, 5) is 24.5. The molecule has 1 N–H and O–H groups in total. The molecule has 36 heavy (non-hydrogen) atoms. The van der Waals surface area contributed by atoms with Gasteiger partial charge in [-0.15, -0.1) is 0 Å². The van der Waals surface area contributed by atoms with Gasteiger partial charge in [-0.05, 0) is 61.0 Å². The zero-order chi connectivity index (χ0) is 26.1. The highest BCUT2D eigenvalue weighted by molar-refractivity contribution is 9.10. The third kappa shape index (κ3) is 6.87. The van der Waals surface area contributed by atoms with E-state index in [1.165, 1.54) is 25.3 Å². The minimum Gasteiger partial charge on any atom is -0.493 e. The number of benzene rings is 3. The van der Waals surface area contributed by atoms with Gasteiger partial charge in [-0.2, -0.15) is 5.26 Å². The second kappa shape index (κ2) is 12.8. The van der Waals surface area contributed by atoms with Crippen LogP contribution in [0.3, 0.4) is 0 Å². The second-order valence-corrected chi connectivity index (χ2v) is 8.59. The second-order valence-electron chi connectivity index (χ2n) is 7.33. The number of carbonyl (C=O) groups excluding carboxylic acids is 2. The maximum atomic E-state index is 12.7. The van der Waals surface area contributed by atoms with Crippen molar-refractivity contribution in [2.45, 2.75) is 13.5 Å². The van der Waals surface area contributed by atoms with E-state index in [1.807, 2.05) is 24.3 Å². The van der Waals surface area contributed by atoms with Gasteiger partial charge in [0.15, 0.2) is 11.5 Å². The number of amides is 1. The number of carbonyl (C=O) groups is 2. The van der Waals surface area contributed by atoms with Gasteiger partial charge in [0.1, 0.15) is 18.2 Å². The molecule has 0 aliphatic heterocycles. The van der Waals surface area contributed by atoms with E-state index in [4.69, 9.17) is 25.8 Å². The smallest absolute Gasteiger partial charge is 0.338 e. The molecule has 3 aromatic carbocycles. The van der Waals surface area contributed by atoms with Crippen molar-refractivity contribution >= 4 is 51.2 Å². The molecule has 3 rings (SSSR count). The van der Waals surface area contributed by atoms with Crippen LogP contribution < -0.4 is 14.8 Å². The van der Waals surface area contributed by atoms with Crippen LogP contribution in [-0.4, -0.2) is 25.6 Å². The number of rotatable bonds is 9. The highest BCUT2D eigenvalue weighted by Gasteiger charge is 2.15. The predicted octanol–water partition coefficient (Wildman–Crippen LogP) is 6.41. The number of methoxy groups -OCH3 is 1. The predicted molar refractivity (Wildman–Crippen MR) is 141 cm³/mol. The van der Waals surface area contributed by atoms with Gasteiger partial charge < -0.3 is 19.5 Å². The molecule has 0 unspecified atom stereocenters. The Bertz CT molecular complexity index is 1330. The maximum Gasteiger partial charge on any atom is 0.338 e. The average Bonchev–Trinajstić information content (AvgIpc) is 2.88. The molecule has 0 spiro atoms. The molecule has 0 atom stereocenters. The fourth-order valence-electron chi connectivity index (χ4n) is 3.11. The topological polar surface area (TPSA) is 97.7 Å². The van der Waals surface area contributed by atoms with Crippen molar-refractivity contribution in [3.63, 3.8) is 0 Å². The highest BCUT2D eigenvalue weighted by Crippen LogP contribution is 2.35. The van der Waals surface area contributed by atoms with E-state index in [2.05, 4.69) is 21.2 Å². The summed E-state index contributed by atoms with van der Waals surface area (Å²) in [5.41, 5.74) is 2.02. The summed E-state index contributed by atoms with van der Waals surface area (Å²) in [5, 5.41) is 12.8. The molecule has 0 heterocycles. The Morgan fingerprint density at radius 2 is 1.83 bits per heavy atom. The van der Waals surface area contributed by atoms with Crippen molar-refractivity contribution in [2.75, 3.05) is 19.0 Å². The van der Waals surface area contributed by atoms with E-state index < -0.39 is 11.9 Å². The van der Waals surface area contributed by atoms with Gasteiger partial charge in [0.25, 0.3) is 5.91 Å². The minimum atomic E-state index is -0.605. The van der Waals surface area contributed by atoms with Crippen LogP contribution in [0.4, 0.5) is 5.69 Å². The summed E-state index contributed by atoms with van der Waals surface area (Å²) < 4.78 is 16.9. The first-order valence-electron chi connectivity index (χ1n) is 10.8. The zero-order valence-corrected chi connectivity index (χ0v) is 21.9. The number of anilines is 1. The molecule has 0 radical (unpaired) electrons. The highest BCUT2D eigenvalue weighted by atomic mass is 79.9. The van der Waals surface area contributed by atoms with Crippen LogP contribution in [0.25, 0.3) is 6.08 Å². The lowest BCUT2D eigenvalue weighted by atomic mass is 10.1. The van der Waals surface area contributed by atoms with E-state index in [0.29, 0.717) is 37.8 Å². The van der Waals surface area contributed by atoms with Crippen molar-refractivity contribution in [1.29, 1.82) is 5.26 Å². The lowest BCUT2D eigenvalue weighted by Gasteiger charge is -2.14. The number of nitrogens with zero attached hydrogens (tertiary/aromatic N) is 1. The monoisotopic (exact) mass is 568 g/mol. The van der Waals surface area contributed by atoms with Crippen LogP contribution in [0.1, 0.15) is 28.4 Å². The Morgan fingerprint density at radius 1 is 1.11 bits per heavy atom. The van der Waals surface area contributed by atoms with Crippen molar-refractivity contribution in [3.8, 4) is 17.6 Å². The molecular formula is C27H22BrClN2O5. The van der Waals surface area contributed by atoms with E-state index in [1.54, 1.807) is 37.3 Å². The van der Waals surface area contributed by atoms with Crippen molar-refractivity contribution in [1.82, 2.24) is 0 Å². The lowest BCUT2D eigenvalue weighted by molar-refractivity contribution is -0.112. The number of nitriles is 1. The Labute approximate surface area is 222 Å². The lowest BCUT2D eigenvalue weighted by Crippen LogP contribution is -2.13. The van der Waals surface area contributed by atoms with Crippen LogP contribution in [0.15, 0.2) is 70.7 Å². The fraction of sp³-hybridized carbons (Fsp3) is 0.148. The van der Waals surface area contributed by atoms with Crippen LogP contribution in [-0.2, 0) is 16.1 Å². The average molecular weight is 570 g/mol. The first-order chi connectivity index (χ1) is 17.4. The summed E-state index contributed by atoms with van der Waals surface area (Å²) in [7, 11) is 1.50. The number of hydrogen-bond donors (Lipinski definition) is 1. The van der Waals surface area contributed by atoms with Crippen LogP contribution in [0.5, 0.6) is 11.5 Å². The van der Waals surface area contributed by atoms with Gasteiger partial charge in [0.05, 0.1) is 19.3 Å². The van der Waals surface area contributed by atoms with E-state index >= 15 is 0 Å². The Kier molecular flexibility index (Phi) is 9.51. The van der Waals surface area contributed by atoms with Crippen molar-refractivity contribution in [2.24, 2.45) is 0 Å². The van der Waals surface area contributed by atoms with Crippen LogP contribution in [0, 0.1) is 11.3 Å². The number of nitrogens with one attached hydrogen (secondary N) is 1. The molecule has 0 aliphatic carbocycles. The van der Waals surface area contributed by atoms with E-state index in [0.717, 1.165) is 5.56 Å². The van der Waals surface area contributed by atoms with Crippen LogP contribution in [0.2, 0.25) is 5.02 Å². The molecule has 0 fully saturated rings. The first-order valence-corrected chi connectivity index (χ1v) is 12.0. The number of ether oxygens (including phenoxy) is 3. The van der Waals surface area contributed by atoms with E-state index in [9.17, 15) is 14.9 Å². The summed E-state index contributed by atoms with van der Waals surface area (Å²) in [6, 6.07) is 18.8. The van der Waals surface area contributed by atoms with Crippen molar-refractivity contribution in [3.05, 3.63) is 92.4 Å². The SMILES string of the molecule is CCOC(=O)c1ccc(NC(=O)/C(C#N)=C/c2cc(OC)c(OCc3ccccc3Cl)cc2Br)cc1. The summed E-state index contributed by atoms with van der Waals surface area (Å²) in [5.74, 6) is -0.174. The number of halogens is 2. The van der Waals surface area contributed by atoms with Crippen molar-refractivity contribution < 1.29 is 23.8 Å². The maximum absolute atomic E-state index is 12.7. The molecule has 1 amide bonds. The van der Waals surface area contributed by atoms with Crippen LogP contribution >= 0.6 is 27.5 Å². The van der Waals surface area contributed by atoms with Gasteiger partial charge in [0.2, 0.25) is 0 Å². The third-order valence-corrected chi connectivity index (χ3v) is 6.00. The molecule has 9 heteroatoms. The molecule has 3 aromatic rings. The number of hydrogen-bond acceptors (Lipinski definition) is 6. The quantitative estimate of drug-likeness (QED) is 0.182. The number of esters is 1. The van der Waals surface area contributed by atoms with E-state index in [-0.39, 0.29) is 18.8 Å². The van der Waals surface area contributed by atoms with Gasteiger partial charge in [0, 0.05) is 20.7 Å². The molecule has 0 aromatic heterocycles. The molecule has 0 bridgehead atoms. The summed E-state index contributed by atoms with van der Waals surface area (Å²) in [6.45, 7) is 2.22. The Balaban J connectivity index is 1.77. The molecule has 184 valence electrons. The molecule has 0 saturated carbocycles. The molecular weight excluding hydrogens is 548 g/mol.